The highest BCUT2D eigenvalue weighted by Gasteiger charge is 2.28. The van der Waals surface area contributed by atoms with Crippen molar-refractivity contribution >= 4 is 5.91 Å². The van der Waals surface area contributed by atoms with Crippen LogP contribution in [-0.4, -0.2) is 48.1 Å². The van der Waals surface area contributed by atoms with Gasteiger partial charge < -0.3 is 19.9 Å². The van der Waals surface area contributed by atoms with E-state index in [0.717, 1.165) is 24.9 Å². The van der Waals surface area contributed by atoms with E-state index in [2.05, 4.69) is 48.4 Å². The molecular formula is C23H35N3O2. The third-order valence-electron chi connectivity index (χ3n) is 5.74. The van der Waals surface area contributed by atoms with E-state index in [1.54, 1.807) is 0 Å². The molecule has 5 nitrogen and oxygen atoms in total. The molecular weight excluding hydrogens is 350 g/mol. The summed E-state index contributed by atoms with van der Waals surface area (Å²) >= 11 is 0. The van der Waals surface area contributed by atoms with Gasteiger partial charge in [-0.15, -0.1) is 0 Å². The van der Waals surface area contributed by atoms with Crippen molar-refractivity contribution in [1.82, 2.24) is 15.1 Å². The highest BCUT2D eigenvalue weighted by atomic mass is 16.5. The molecule has 1 aromatic rings. The first-order valence-corrected chi connectivity index (χ1v) is 10.7. The van der Waals surface area contributed by atoms with Crippen molar-refractivity contribution in [3.8, 4) is 0 Å². The summed E-state index contributed by atoms with van der Waals surface area (Å²) in [5.74, 6) is 0.483. The van der Waals surface area contributed by atoms with Crippen LogP contribution in [0.1, 0.15) is 57.6 Å². The van der Waals surface area contributed by atoms with Crippen molar-refractivity contribution in [3.05, 3.63) is 48.3 Å². The highest BCUT2D eigenvalue weighted by Crippen LogP contribution is 2.27. The number of amides is 1. The molecule has 0 bridgehead atoms. The molecule has 0 radical (unpaired) electrons. The number of hydrogen-bond acceptors (Lipinski definition) is 4. The van der Waals surface area contributed by atoms with Crippen molar-refractivity contribution in [2.24, 2.45) is 5.92 Å². The van der Waals surface area contributed by atoms with Crippen LogP contribution in [0.15, 0.2) is 42.7 Å². The molecule has 2 aliphatic rings. The summed E-state index contributed by atoms with van der Waals surface area (Å²) in [4.78, 5) is 17.5. The van der Waals surface area contributed by atoms with Gasteiger partial charge in [0.2, 0.25) is 0 Å². The molecule has 0 spiro atoms. The maximum Gasteiger partial charge on any atom is 0.253 e. The molecule has 154 valence electrons. The molecule has 3 rings (SSSR count). The van der Waals surface area contributed by atoms with Gasteiger partial charge in [-0.25, -0.2) is 0 Å². The summed E-state index contributed by atoms with van der Waals surface area (Å²) in [7, 11) is 2.10. The van der Waals surface area contributed by atoms with Crippen LogP contribution < -0.4 is 5.32 Å². The van der Waals surface area contributed by atoms with E-state index >= 15 is 0 Å². The summed E-state index contributed by atoms with van der Waals surface area (Å²) in [6.07, 6.45) is 9.99. The number of nitrogens with zero attached hydrogens (tertiary/aromatic N) is 2. The first-order chi connectivity index (χ1) is 13.6. The lowest BCUT2D eigenvalue weighted by Gasteiger charge is -2.33. The fourth-order valence-electron chi connectivity index (χ4n) is 4.38. The Bertz CT molecular complexity index is 641. The van der Waals surface area contributed by atoms with Crippen molar-refractivity contribution in [3.63, 3.8) is 0 Å². The zero-order chi connectivity index (χ0) is 19.9. The predicted octanol–water partition coefficient (Wildman–Crippen LogP) is 3.89. The Morgan fingerprint density at radius 2 is 1.86 bits per heavy atom. The van der Waals surface area contributed by atoms with Crippen LogP contribution in [0.3, 0.4) is 0 Å². The maximum absolute atomic E-state index is 13.0. The number of rotatable bonds is 8. The maximum atomic E-state index is 13.0. The quantitative estimate of drug-likeness (QED) is 0.737. The smallest absolute Gasteiger partial charge is 0.253 e. The largest absolute Gasteiger partial charge is 0.360 e. The van der Waals surface area contributed by atoms with Crippen LogP contribution in [0.5, 0.6) is 0 Å². The Morgan fingerprint density at radius 1 is 1.14 bits per heavy atom. The minimum absolute atomic E-state index is 0.0330. The average molecular weight is 386 g/mol. The third kappa shape index (κ3) is 5.28. The molecule has 1 N–H and O–H groups in total. The Morgan fingerprint density at radius 3 is 2.54 bits per heavy atom. The molecule has 0 saturated heterocycles. The van der Waals surface area contributed by atoms with Gasteiger partial charge >= 0.3 is 0 Å². The lowest BCUT2D eigenvalue weighted by Crippen LogP contribution is -2.44. The van der Waals surface area contributed by atoms with Crippen LogP contribution in [0.25, 0.3) is 0 Å². The van der Waals surface area contributed by atoms with Gasteiger partial charge in [-0.1, -0.05) is 63.4 Å². The summed E-state index contributed by atoms with van der Waals surface area (Å²) in [5.41, 5.74) is 0.937. The standard InChI is InChI=1S/C23H35N3O2/c1-18(2)23-25(3)16-17-26(23)15-14-24-22(27)21(19-10-6-4-7-11-19)28-20-12-8-5-9-13-20/h4,6-7,10-11,16-18,20-21,23H,5,8-9,12-15H2,1-3H3,(H,24,27). The third-order valence-corrected chi connectivity index (χ3v) is 5.74. The lowest BCUT2D eigenvalue weighted by atomic mass is 9.97. The first-order valence-electron chi connectivity index (χ1n) is 10.7. The van der Waals surface area contributed by atoms with Gasteiger partial charge in [0, 0.05) is 32.5 Å². The molecule has 1 aliphatic heterocycles. The van der Waals surface area contributed by atoms with Crippen LogP contribution in [0, 0.1) is 5.92 Å². The minimum Gasteiger partial charge on any atom is -0.360 e. The first kappa shape index (κ1) is 20.7. The Labute approximate surface area is 169 Å². The predicted molar refractivity (Wildman–Crippen MR) is 112 cm³/mol. The van der Waals surface area contributed by atoms with E-state index in [4.69, 9.17) is 4.74 Å². The van der Waals surface area contributed by atoms with Gasteiger partial charge in [0.15, 0.2) is 6.10 Å². The van der Waals surface area contributed by atoms with Crippen LogP contribution >= 0.6 is 0 Å². The van der Waals surface area contributed by atoms with Gasteiger partial charge in [-0.05, 0) is 24.3 Å². The molecule has 1 aromatic carbocycles. The molecule has 5 heteroatoms. The normalized spacial score (nSPS) is 21.4. The summed E-state index contributed by atoms with van der Waals surface area (Å²) in [6.45, 7) is 5.85. The number of ether oxygens (including phenoxy) is 1. The SMILES string of the molecule is CC(C)C1N(C)C=CN1CCNC(=O)C(OC1CCCCC1)c1ccccc1. The molecule has 2 atom stereocenters. The molecule has 28 heavy (non-hydrogen) atoms. The van der Waals surface area contributed by atoms with E-state index in [1.807, 2.05) is 30.3 Å². The summed E-state index contributed by atoms with van der Waals surface area (Å²) < 4.78 is 6.29. The second kappa shape index (κ2) is 9.97. The Hall–Kier alpha value is -2.01. The van der Waals surface area contributed by atoms with E-state index in [1.165, 1.54) is 19.3 Å². The number of benzene rings is 1. The molecule has 1 heterocycles. The number of carbonyl (C=O) groups is 1. The lowest BCUT2D eigenvalue weighted by molar-refractivity contribution is -0.138. The molecule has 1 saturated carbocycles. The number of hydrogen-bond donors (Lipinski definition) is 1. The second-order valence-corrected chi connectivity index (χ2v) is 8.34. The van der Waals surface area contributed by atoms with E-state index in [0.29, 0.717) is 18.6 Å². The monoisotopic (exact) mass is 385 g/mol. The zero-order valence-corrected chi connectivity index (χ0v) is 17.5. The fraction of sp³-hybridized carbons (Fsp3) is 0.609. The van der Waals surface area contributed by atoms with E-state index in [-0.39, 0.29) is 12.0 Å². The molecule has 1 fully saturated rings. The molecule has 2 unspecified atom stereocenters. The van der Waals surface area contributed by atoms with Crippen molar-refractivity contribution in [2.75, 3.05) is 20.1 Å². The number of carbonyl (C=O) groups excluding carboxylic acids is 1. The van der Waals surface area contributed by atoms with Crippen molar-refractivity contribution in [2.45, 2.75) is 64.3 Å². The highest BCUT2D eigenvalue weighted by molar-refractivity contribution is 5.82. The average Bonchev–Trinajstić information content (AvgIpc) is 3.08. The molecule has 0 aromatic heterocycles. The van der Waals surface area contributed by atoms with Crippen molar-refractivity contribution in [1.29, 1.82) is 0 Å². The number of nitrogens with one attached hydrogen (secondary N) is 1. The fourth-order valence-corrected chi connectivity index (χ4v) is 4.38. The summed E-state index contributed by atoms with van der Waals surface area (Å²) in [5, 5.41) is 3.11. The second-order valence-electron chi connectivity index (χ2n) is 8.34. The molecule has 1 aliphatic carbocycles. The minimum atomic E-state index is -0.526. The summed E-state index contributed by atoms with van der Waals surface area (Å²) in [6, 6.07) is 9.89. The van der Waals surface area contributed by atoms with Gasteiger partial charge in [0.25, 0.3) is 5.91 Å². The van der Waals surface area contributed by atoms with Gasteiger partial charge in [-0.2, -0.15) is 0 Å². The van der Waals surface area contributed by atoms with Gasteiger partial charge in [-0.3, -0.25) is 4.79 Å². The Kier molecular flexibility index (Phi) is 7.37. The van der Waals surface area contributed by atoms with Crippen LogP contribution in [0.4, 0.5) is 0 Å². The van der Waals surface area contributed by atoms with Gasteiger partial charge in [0.05, 0.1) is 6.10 Å². The zero-order valence-electron chi connectivity index (χ0n) is 17.5. The van der Waals surface area contributed by atoms with Crippen LogP contribution in [0.2, 0.25) is 0 Å². The van der Waals surface area contributed by atoms with Crippen molar-refractivity contribution < 1.29 is 9.53 Å². The van der Waals surface area contributed by atoms with Gasteiger partial charge in [0.1, 0.15) is 6.17 Å². The Balaban J connectivity index is 1.57. The van der Waals surface area contributed by atoms with Crippen LogP contribution in [-0.2, 0) is 9.53 Å². The topological polar surface area (TPSA) is 44.8 Å². The van der Waals surface area contributed by atoms with E-state index in [9.17, 15) is 4.79 Å². The van der Waals surface area contributed by atoms with E-state index < -0.39 is 6.10 Å². The molecule has 1 amide bonds.